The number of halogens is 1. The Morgan fingerprint density at radius 2 is 1.94 bits per heavy atom. The average molecular weight is 469 g/mol. The Bertz CT molecular complexity index is 1070. The Balaban J connectivity index is 1.31. The zero-order valence-corrected chi connectivity index (χ0v) is 19.6. The van der Waals surface area contributed by atoms with E-state index in [1.54, 1.807) is 0 Å². The summed E-state index contributed by atoms with van der Waals surface area (Å²) in [7, 11) is 0. The lowest BCUT2D eigenvalue weighted by Gasteiger charge is -2.21. The van der Waals surface area contributed by atoms with Crippen LogP contribution < -0.4 is 20.9 Å². The van der Waals surface area contributed by atoms with Crippen LogP contribution in [0, 0.1) is 12.7 Å². The first-order valence-electron chi connectivity index (χ1n) is 11.6. The number of aromatic nitrogens is 4. The van der Waals surface area contributed by atoms with E-state index in [0.717, 1.165) is 66.8 Å². The third-order valence-corrected chi connectivity index (χ3v) is 7.23. The van der Waals surface area contributed by atoms with Gasteiger partial charge in [-0.15, -0.1) is 0 Å². The van der Waals surface area contributed by atoms with Crippen molar-refractivity contribution in [2.45, 2.75) is 45.1 Å². The van der Waals surface area contributed by atoms with Crippen molar-refractivity contribution in [1.29, 1.82) is 0 Å². The zero-order chi connectivity index (χ0) is 22.6. The molecule has 174 valence electrons. The van der Waals surface area contributed by atoms with Gasteiger partial charge in [-0.25, -0.2) is 24.3 Å². The highest BCUT2D eigenvalue weighted by atomic mass is 32.1. The first-order valence-corrected chi connectivity index (χ1v) is 12.4. The Morgan fingerprint density at radius 3 is 2.76 bits per heavy atom. The molecule has 10 heteroatoms. The van der Waals surface area contributed by atoms with Gasteiger partial charge in [0.05, 0.1) is 28.7 Å². The standard InChI is InChI=1S/C23H29FN8S/c1-15-21(33-23(28-15)29-16-5-2-3-6-16)20-18(24)14-27-22(31-20)30-19-8-7-17(13-26-19)32-11-4-9-25-10-12-32/h7-8,13-14,16,25H,2-6,9-12H2,1H3,(H,28,29)(H,26,27,30,31). The third kappa shape index (κ3) is 5.22. The van der Waals surface area contributed by atoms with Crippen LogP contribution in [0.1, 0.15) is 37.8 Å². The van der Waals surface area contributed by atoms with Crippen molar-refractivity contribution in [3.05, 3.63) is 36.0 Å². The molecule has 3 N–H and O–H groups in total. The highest BCUT2D eigenvalue weighted by Gasteiger charge is 2.20. The van der Waals surface area contributed by atoms with Gasteiger partial charge >= 0.3 is 0 Å². The molecule has 33 heavy (non-hydrogen) atoms. The predicted molar refractivity (Wildman–Crippen MR) is 131 cm³/mol. The Labute approximate surface area is 197 Å². The Hall–Kier alpha value is -2.85. The van der Waals surface area contributed by atoms with Gasteiger partial charge in [0.15, 0.2) is 10.9 Å². The minimum absolute atomic E-state index is 0.260. The summed E-state index contributed by atoms with van der Waals surface area (Å²) in [5, 5.41) is 10.8. The van der Waals surface area contributed by atoms with Crippen molar-refractivity contribution >= 4 is 33.9 Å². The molecule has 3 aromatic rings. The maximum absolute atomic E-state index is 14.7. The van der Waals surface area contributed by atoms with Gasteiger partial charge in [0.2, 0.25) is 5.95 Å². The van der Waals surface area contributed by atoms with E-state index in [0.29, 0.717) is 17.8 Å². The van der Waals surface area contributed by atoms with Gasteiger partial charge in [-0.05, 0) is 44.9 Å². The van der Waals surface area contributed by atoms with Crippen LogP contribution in [0.25, 0.3) is 10.6 Å². The minimum atomic E-state index is -0.460. The maximum Gasteiger partial charge on any atom is 0.229 e. The highest BCUT2D eigenvalue weighted by Crippen LogP contribution is 2.35. The lowest BCUT2D eigenvalue weighted by atomic mass is 10.2. The molecule has 1 saturated heterocycles. The number of rotatable bonds is 6. The van der Waals surface area contributed by atoms with Crippen LogP contribution in [0.2, 0.25) is 0 Å². The normalized spacial score (nSPS) is 17.2. The van der Waals surface area contributed by atoms with Crippen LogP contribution in [0.3, 0.4) is 0 Å². The van der Waals surface area contributed by atoms with E-state index in [2.05, 4.69) is 40.8 Å². The third-order valence-electron chi connectivity index (χ3n) is 6.13. The first kappa shape index (κ1) is 22.0. The second kappa shape index (κ2) is 9.96. The predicted octanol–water partition coefficient (Wildman–Crippen LogP) is 4.34. The number of hydrogen-bond donors (Lipinski definition) is 3. The number of aryl methyl sites for hydroxylation is 1. The lowest BCUT2D eigenvalue weighted by molar-refractivity contribution is 0.619. The molecule has 2 fully saturated rings. The molecule has 0 spiro atoms. The highest BCUT2D eigenvalue weighted by molar-refractivity contribution is 7.19. The van der Waals surface area contributed by atoms with E-state index in [1.807, 2.05) is 25.3 Å². The Morgan fingerprint density at radius 1 is 1.06 bits per heavy atom. The van der Waals surface area contributed by atoms with Gasteiger partial charge in [0.1, 0.15) is 11.5 Å². The fourth-order valence-corrected chi connectivity index (χ4v) is 5.41. The maximum atomic E-state index is 14.7. The summed E-state index contributed by atoms with van der Waals surface area (Å²) in [4.78, 5) is 20.7. The van der Waals surface area contributed by atoms with E-state index in [9.17, 15) is 4.39 Å². The van der Waals surface area contributed by atoms with Crippen LogP contribution in [0.5, 0.6) is 0 Å². The largest absolute Gasteiger partial charge is 0.369 e. The molecule has 8 nitrogen and oxygen atoms in total. The van der Waals surface area contributed by atoms with Gasteiger partial charge in [-0.2, -0.15) is 0 Å². The summed E-state index contributed by atoms with van der Waals surface area (Å²) in [6, 6.07) is 4.40. The molecule has 0 atom stereocenters. The molecule has 1 aliphatic carbocycles. The molecule has 0 bridgehead atoms. The molecule has 0 amide bonds. The minimum Gasteiger partial charge on any atom is -0.369 e. The molecule has 0 aromatic carbocycles. The number of nitrogens with zero attached hydrogens (tertiary/aromatic N) is 5. The molecule has 0 radical (unpaired) electrons. The van der Waals surface area contributed by atoms with Crippen molar-refractivity contribution in [3.63, 3.8) is 0 Å². The van der Waals surface area contributed by atoms with E-state index < -0.39 is 5.82 Å². The fourth-order valence-electron chi connectivity index (χ4n) is 4.37. The SMILES string of the molecule is Cc1nc(NC2CCCC2)sc1-c1nc(Nc2ccc(N3CCCNCC3)cn2)ncc1F. The smallest absolute Gasteiger partial charge is 0.229 e. The van der Waals surface area contributed by atoms with E-state index in [4.69, 9.17) is 0 Å². The van der Waals surface area contributed by atoms with Gasteiger partial charge in [-0.1, -0.05) is 24.2 Å². The van der Waals surface area contributed by atoms with Crippen molar-refractivity contribution in [2.75, 3.05) is 41.7 Å². The first-order chi connectivity index (χ1) is 16.2. The van der Waals surface area contributed by atoms with Crippen molar-refractivity contribution in [2.24, 2.45) is 0 Å². The summed E-state index contributed by atoms with van der Waals surface area (Å²) >= 11 is 1.44. The average Bonchev–Trinajstić information content (AvgIpc) is 3.36. The van der Waals surface area contributed by atoms with Gasteiger partial charge in [0.25, 0.3) is 0 Å². The number of thiazole rings is 1. The number of nitrogens with one attached hydrogen (secondary N) is 3. The van der Waals surface area contributed by atoms with Gasteiger partial charge in [-0.3, -0.25) is 0 Å². The van der Waals surface area contributed by atoms with Gasteiger partial charge in [0, 0.05) is 25.7 Å². The summed E-state index contributed by atoms with van der Waals surface area (Å²) in [6.07, 6.45) is 8.97. The molecule has 4 heterocycles. The second-order valence-corrected chi connectivity index (χ2v) is 9.57. The zero-order valence-electron chi connectivity index (χ0n) is 18.8. The van der Waals surface area contributed by atoms with Crippen LogP contribution in [0.15, 0.2) is 24.5 Å². The van der Waals surface area contributed by atoms with Crippen LogP contribution in [0.4, 0.5) is 27.0 Å². The van der Waals surface area contributed by atoms with Crippen molar-refractivity contribution < 1.29 is 4.39 Å². The summed E-state index contributed by atoms with van der Waals surface area (Å²) in [5.41, 5.74) is 2.11. The molecule has 0 unspecified atom stereocenters. The quantitative estimate of drug-likeness (QED) is 0.492. The van der Waals surface area contributed by atoms with Crippen LogP contribution >= 0.6 is 11.3 Å². The van der Waals surface area contributed by atoms with E-state index in [-0.39, 0.29) is 5.69 Å². The second-order valence-electron chi connectivity index (χ2n) is 8.57. The van der Waals surface area contributed by atoms with Crippen LogP contribution in [-0.4, -0.2) is 52.2 Å². The topological polar surface area (TPSA) is 90.9 Å². The van der Waals surface area contributed by atoms with Crippen LogP contribution in [-0.2, 0) is 0 Å². The summed E-state index contributed by atoms with van der Waals surface area (Å²) in [6.45, 7) is 5.88. The monoisotopic (exact) mass is 468 g/mol. The number of pyridine rings is 1. The molecular formula is C23H29FN8S. The number of anilines is 4. The molecule has 5 rings (SSSR count). The van der Waals surface area contributed by atoms with E-state index >= 15 is 0 Å². The Kier molecular flexibility index (Phi) is 6.63. The molecule has 2 aliphatic rings. The van der Waals surface area contributed by atoms with Crippen molar-refractivity contribution in [1.82, 2.24) is 25.3 Å². The molecule has 1 aliphatic heterocycles. The van der Waals surface area contributed by atoms with Gasteiger partial charge < -0.3 is 20.9 Å². The fraction of sp³-hybridized carbons (Fsp3) is 0.478. The molecule has 3 aromatic heterocycles. The van der Waals surface area contributed by atoms with E-state index in [1.165, 1.54) is 30.4 Å². The number of hydrogen-bond acceptors (Lipinski definition) is 9. The lowest BCUT2D eigenvalue weighted by Crippen LogP contribution is -2.27. The van der Waals surface area contributed by atoms with Crippen molar-refractivity contribution in [3.8, 4) is 10.6 Å². The molecule has 1 saturated carbocycles. The summed E-state index contributed by atoms with van der Waals surface area (Å²) in [5.74, 6) is 0.468. The molecular weight excluding hydrogens is 439 g/mol. The summed E-state index contributed by atoms with van der Waals surface area (Å²) < 4.78 is 14.7.